The first kappa shape index (κ1) is 13.6. The van der Waals surface area contributed by atoms with Crippen LogP contribution in [0.4, 0.5) is 0 Å². The number of nitrogens with zero attached hydrogens (tertiary/aromatic N) is 1. The fourth-order valence-electron chi connectivity index (χ4n) is 1.63. The summed E-state index contributed by atoms with van der Waals surface area (Å²) in [5, 5.41) is 8.68. The Balaban J connectivity index is 1.95. The molecule has 0 aliphatic carbocycles. The number of hydrogen-bond acceptors (Lipinski definition) is 4. The predicted molar refractivity (Wildman–Crippen MR) is 74.0 cm³/mol. The van der Waals surface area contributed by atoms with Crippen LogP contribution in [0.15, 0.2) is 48.5 Å². The van der Waals surface area contributed by atoms with Crippen molar-refractivity contribution in [2.24, 2.45) is 0 Å². The third-order valence-electron chi connectivity index (χ3n) is 2.77. The minimum atomic E-state index is -0.114. The first-order valence-electron chi connectivity index (χ1n) is 6.03. The SMILES string of the molecule is COc1ccc(C(=O)COc2ccc(C#N)cc2)cc1. The van der Waals surface area contributed by atoms with Gasteiger partial charge in [-0.1, -0.05) is 0 Å². The molecule has 2 rings (SSSR count). The van der Waals surface area contributed by atoms with E-state index in [0.29, 0.717) is 22.6 Å². The quantitative estimate of drug-likeness (QED) is 0.781. The molecule has 0 bridgehead atoms. The van der Waals surface area contributed by atoms with Crippen LogP contribution in [-0.2, 0) is 0 Å². The molecule has 0 aliphatic heterocycles. The zero-order valence-electron chi connectivity index (χ0n) is 11.0. The number of ketones is 1. The van der Waals surface area contributed by atoms with Crippen molar-refractivity contribution in [2.45, 2.75) is 0 Å². The highest BCUT2D eigenvalue weighted by Gasteiger charge is 2.07. The number of carbonyl (C=O) groups excluding carboxylic acids is 1. The number of nitriles is 1. The van der Waals surface area contributed by atoms with E-state index < -0.39 is 0 Å². The van der Waals surface area contributed by atoms with E-state index in [1.807, 2.05) is 6.07 Å². The lowest BCUT2D eigenvalue weighted by atomic mass is 10.1. The molecule has 0 N–H and O–H groups in total. The maximum Gasteiger partial charge on any atom is 0.200 e. The predicted octanol–water partition coefficient (Wildman–Crippen LogP) is 2.83. The Labute approximate surface area is 117 Å². The second kappa shape index (κ2) is 6.39. The topological polar surface area (TPSA) is 59.3 Å². The second-order valence-corrected chi connectivity index (χ2v) is 4.08. The Bertz CT molecular complexity index is 624. The molecule has 0 radical (unpaired) electrons. The molecule has 0 spiro atoms. The molecule has 4 nitrogen and oxygen atoms in total. The molecule has 2 aromatic carbocycles. The van der Waals surface area contributed by atoms with Crippen LogP contribution in [0, 0.1) is 11.3 Å². The minimum Gasteiger partial charge on any atom is -0.497 e. The van der Waals surface area contributed by atoms with Crippen LogP contribution in [0.5, 0.6) is 11.5 Å². The van der Waals surface area contributed by atoms with E-state index in [9.17, 15) is 4.79 Å². The van der Waals surface area contributed by atoms with Gasteiger partial charge in [0.25, 0.3) is 0 Å². The summed E-state index contributed by atoms with van der Waals surface area (Å²) in [6.45, 7) is -0.0434. The summed E-state index contributed by atoms with van der Waals surface area (Å²) in [4.78, 5) is 11.9. The molecule has 0 heterocycles. The molecule has 20 heavy (non-hydrogen) atoms. The van der Waals surface area contributed by atoms with Crippen LogP contribution >= 0.6 is 0 Å². The average molecular weight is 267 g/mol. The molecular formula is C16H13NO3. The summed E-state index contributed by atoms with van der Waals surface area (Å²) in [6.07, 6.45) is 0. The lowest BCUT2D eigenvalue weighted by Crippen LogP contribution is -2.11. The van der Waals surface area contributed by atoms with Crippen molar-refractivity contribution in [1.82, 2.24) is 0 Å². The van der Waals surface area contributed by atoms with Gasteiger partial charge >= 0.3 is 0 Å². The van der Waals surface area contributed by atoms with Crippen LogP contribution in [-0.4, -0.2) is 19.5 Å². The van der Waals surface area contributed by atoms with Crippen LogP contribution in [0.2, 0.25) is 0 Å². The molecule has 0 saturated carbocycles. The average Bonchev–Trinajstić information content (AvgIpc) is 2.53. The number of benzene rings is 2. The molecule has 0 amide bonds. The normalized spacial score (nSPS) is 9.60. The van der Waals surface area contributed by atoms with E-state index in [1.165, 1.54) is 0 Å². The summed E-state index contributed by atoms with van der Waals surface area (Å²) >= 11 is 0. The molecule has 2 aromatic rings. The van der Waals surface area contributed by atoms with E-state index in [2.05, 4.69) is 0 Å². The van der Waals surface area contributed by atoms with Crippen molar-refractivity contribution in [1.29, 1.82) is 5.26 Å². The first-order chi connectivity index (χ1) is 9.72. The maximum absolute atomic E-state index is 11.9. The van der Waals surface area contributed by atoms with Crippen LogP contribution < -0.4 is 9.47 Å². The van der Waals surface area contributed by atoms with Gasteiger partial charge in [-0.15, -0.1) is 0 Å². The highest BCUT2D eigenvalue weighted by atomic mass is 16.5. The van der Waals surface area contributed by atoms with E-state index in [4.69, 9.17) is 14.7 Å². The van der Waals surface area contributed by atoms with Crippen molar-refractivity contribution in [2.75, 3.05) is 13.7 Å². The number of hydrogen-bond donors (Lipinski definition) is 0. The van der Waals surface area contributed by atoms with Crippen LogP contribution in [0.25, 0.3) is 0 Å². The zero-order valence-corrected chi connectivity index (χ0v) is 11.0. The van der Waals surface area contributed by atoms with Gasteiger partial charge in [-0.05, 0) is 48.5 Å². The molecule has 0 aromatic heterocycles. The van der Waals surface area contributed by atoms with Gasteiger partial charge in [0.05, 0.1) is 18.7 Å². The standard InChI is InChI=1S/C16H13NO3/c1-19-14-8-4-13(5-9-14)16(18)11-20-15-6-2-12(10-17)3-7-15/h2-9H,11H2,1H3. The number of methoxy groups -OCH3 is 1. The monoisotopic (exact) mass is 267 g/mol. The highest BCUT2D eigenvalue weighted by Crippen LogP contribution is 2.14. The summed E-state index contributed by atoms with van der Waals surface area (Å²) in [5.41, 5.74) is 1.12. The van der Waals surface area contributed by atoms with Crippen molar-refractivity contribution in [3.63, 3.8) is 0 Å². The minimum absolute atomic E-state index is 0.0434. The fraction of sp³-hybridized carbons (Fsp3) is 0.125. The maximum atomic E-state index is 11.9. The van der Waals surface area contributed by atoms with Crippen LogP contribution in [0.1, 0.15) is 15.9 Å². The molecule has 4 heteroatoms. The third kappa shape index (κ3) is 3.36. The summed E-state index contributed by atoms with van der Waals surface area (Å²) in [6, 6.07) is 15.5. The number of Topliss-reactive ketones (excluding diaryl/α,β-unsaturated/α-hetero) is 1. The Morgan fingerprint density at radius 3 is 2.20 bits per heavy atom. The molecular weight excluding hydrogens is 254 g/mol. The van der Waals surface area contributed by atoms with Gasteiger partial charge in [-0.3, -0.25) is 4.79 Å². The van der Waals surface area contributed by atoms with E-state index in [1.54, 1.807) is 55.6 Å². The lowest BCUT2D eigenvalue weighted by Gasteiger charge is -2.06. The molecule has 0 aliphatic rings. The number of rotatable bonds is 5. The molecule has 0 fully saturated rings. The van der Waals surface area contributed by atoms with Crippen molar-refractivity contribution >= 4 is 5.78 Å². The van der Waals surface area contributed by atoms with E-state index in [0.717, 1.165) is 0 Å². The zero-order chi connectivity index (χ0) is 14.4. The second-order valence-electron chi connectivity index (χ2n) is 4.08. The largest absolute Gasteiger partial charge is 0.497 e. The molecule has 0 unspecified atom stereocenters. The molecule has 0 atom stereocenters. The Morgan fingerprint density at radius 2 is 1.65 bits per heavy atom. The number of ether oxygens (including phenoxy) is 2. The summed E-state index contributed by atoms with van der Waals surface area (Å²) in [5.74, 6) is 1.15. The summed E-state index contributed by atoms with van der Waals surface area (Å²) in [7, 11) is 1.57. The third-order valence-corrected chi connectivity index (χ3v) is 2.77. The van der Waals surface area contributed by atoms with Crippen LogP contribution in [0.3, 0.4) is 0 Å². The first-order valence-corrected chi connectivity index (χ1v) is 6.03. The Kier molecular flexibility index (Phi) is 4.35. The summed E-state index contributed by atoms with van der Waals surface area (Å²) < 4.78 is 10.4. The van der Waals surface area contributed by atoms with Gasteiger partial charge in [0.15, 0.2) is 12.4 Å². The van der Waals surface area contributed by atoms with E-state index in [-0.39, 0.29) is 12.4 Å². The van der Waals surface area contributed by atoms with Gasteiger partial charge < -0.3 is 9.47 Å². The van der Waals surface area contributed by atoms with Gasteiger partial charge in [-0.2, -0.15) is 5.26 Å². The van der Waals surface area contributed by atoms with Gasteiger partial charge in [0, 0.05) is 5.56 Å². The fourth-order valence-corrected chi connectivity index (χ4v) is 1.63. The van der Waals surface area contributed by atoms with E-state index >= 15 is 0 Å². The Morgan fingerprint density at radius 1 is 1.05 bits per heavy atom. The van der Waals surface area contributed by atoms with Gasteiger partial charge in [0.2, 0.25) is 0 Å². The number of carbonyl (C=O) groups is 1. The van der Waals surface area contributed by atoms with Crippen molar-refractivity contribution < 1.29 is 14.3 Å². The van der Waals surface area contributed by atoms with Gasteiger partial charge in [-0.25, -0.2) is 0 Å². The smallest absolute Gasteiger partial charge is 0.200 e. The molecule has 0 saturated heterocycles. The lowest BCUT2D eigenvalue weighted by molar-refractivity contribution is 0.0921. The highest BCUT2D eigenvalue weighted by molar-refractivity contribution is 5.97. The Hall–Kier alpha value is -2.80. The molecule has 100 valence electrons. The van der Waals surface area contributed by atoms with Crippen molar-refractivity contribution in [3.05, 3.63) is 59.7 Å². The van der Waals surface area contributed by atoms with Crippen molar-refractivity contribution in [3.8, 4) is 17.6 Å². The van der Waals surface area contributed by atoms with Gasteiger partial charge in [0.1, 0.15) is 11.5 Å².